The molecule has 2 rings (SSSR count). The predicted molar refractivity (Wildman–Crippen MR) is 77.3 cm³/mol. The van der Waals surface area contributed by atoms with Gasteiger partial charge >= 0.3 is 5.69 Å². The van der Waals surface area contributed by atoms with Gasteiger partial charge < -0.3 is 4.74 Å². The average Bonchev–Trinajstić information content (AvgIpc) is 2.42. The molecule has 0 saturated heterocycles. The molecule has 0 amide bonds. The van der Waals surface area contributed by atoms with Gasteiger partial charge in [0.1, 0.15) is 11.6 Å². The fraction of sp³-hybridized carbons (Fsp3) is 0.0714. The van der Waals surface area contributed by atoms with Gasteiger partial charge in [0.15, 0.2) is 5.78 Å². The van der Waals surface area contributed by atoms with Crippen LogP contribution in [0.15, 0.2) is 40.9 Å². The summed E-state index contributed by atoms with van der Waals surface area (Å²) in [5.41, 5.74) is -0.240. The highest BCUT2D eigenvalue weighted by atomic mass is 79.9. The van der Waals surface area contributed by atoms with E-state index in [0.717, 1.165) is 18.2 Å². The summed E-state index contributed by atoms with van der Waals surface area (Å²) in [6, 6.07) is 7.66. The minimum absolute atomic E-state index is 0.133. The van der Waals surface area contributed by atoms with E-state index in [2.05, 4.69) is 15.9 Å². The molecule has 0 fully saturated rings. The van der Waals surface area contributed by atoms with Crippen LogP contribution >= 0.6 is 15.9 Å². The lowest BCUT2D eigenvalue weighted by atomic mass is 10.1. The molecule has 5 nitrogen and oxygen atoms in total. The normalized spacial score (nSPS) is 10.2. The number of carbonyl (C=O) groups excluding carboxylic acids is 1. The average molecular weight is 354 g/mol. The maximum Gasteiger partial charge on any atom is 0.314 e. The molecule has 0 bridgehead atoms. The summed E-state index contributed by atoms with van der Waals surface area (Å²) in [6.07, 6.45) is 0. The molecule has 0 aliphatic heterocycles. The Morgan fingerprint density at radius 2 is 1.90 bits per heavy atom. The minimum Gasteiger partial charge on any atom is -0.449 e. The molecule has 0 spiro atoms. The largest absolute Gasteiger partial charge is 0.449 e. The number of benzene rings is 2. The van der Waals surface area contributed by atoms with Crippen molar-refractivity contribution >= 4 is 27.4 Å². The lowest BCUT2D eigenvalue weighted by Gasteiger charge is -2.10. The molecule has 0 saturated carbocycles. The van der Waals surface area contributed by atoms with Crippen molar-refractivity contribution in [3.05, 3.63) is 62.4 Å². The van der Waals surface area contributed by atoms with Crippen molar-refractivity contribution in [1.82, 2.24) is 0 Å². The van der Waals surface area contributed by atoms with Crippen LogP contribution in [-0.4, -0.2) is 10.7 Å². The first-order chi connectivity index (χ1) is 9.88. The summed E-state index contributed by atoms with van der Waals surface area (Å²) >= 11 is 3.23. The first kappa shape index (κ1) is 15.1. The van der Waals surface area contributed by atoms with Crippen LogP contribution in [0.2, 0.25) is 0 Å². The molecule has 0 heterocycles. The van der Waals surface area contributed by atoms with Gasteiger partial charge in [-0.25, -0.2) is 4.39 Å². The number of Topliss-reactive ketones (excluding diaryl/α,β-unsaturated/α-hetero) is 1. The van der Waals surface area contributed by atoms with Crippen LogP contribution in [0, 0.1) is 15.9 Å². The molecule has 0 atom stereocenters. The molecule has 0 aromatic heterocycles. The number of nitrogens with zero attached hydrogens (tertiary/aromatic N) is 1. The number of carbonyl (C=O) groups is 1. The Hall–Kier alpha value is -2.28. The van der Waals surface area contributed by atoms with Crippen molar-refractivity contribution in [1.29, 1.82) is 0 Å². The lowest BCUT2D eigenvalue weighted by molar-refractivity contribution is -0.385. The Labute approximate surface area is 127 Å². The summed E-state index contributed by atoms with van der Waals surface area (Å²) in [4.78, 5) is 21.8. The van der Waals surface area contributed by atoms with Crippen LogP contribution in [0.1, 0.15) is 17.3 Å². The van der Waals surface area contributed by atoms with Crippen molar-refractivity contribution < 1.29 is 18.8 Å². The Bertz CT molecular complexity index is 671. The number of rotatable bonds is 4. The second kappa shape index (κ2) is 6.01. The Kier molecular flexibility index (Phi) is 4.32. The van der Waals surface area contributed by atoms with Crippen molar-refractivity contribution in [3.63, 3.8) is 0 Å². The highest BCUT2D eigenvalue weighted by molar-refractivity contribution is 9.10. The predicted octanol–water partition coefficient (Wildman–Crippen LogP) is 4.49. The van der Waals surface area contributed by atoms with E-state index in [1.54, 1.807) is 12.1 Å². The van der Waals surface area contributed by atoms with Crippen LogP contribution in [0.5, 0.6) is 11.5 Å². The van der Waals surface area contributed by atoms with Crippen LogP contribution in [0.4, 0.5) is 10.1 Å². The number of hydrogen-bond donors (Lipinski definition) is 0. The van der Waals surface area contributed by atoms with Crippen LogP contribution in [0.25, 0.3) is 0 Å². The number of nitro benzene ring substituents is 1. The zero-order valence-electron chi connectivity index (χ0n) is 10.8. The topological polar surface area (TPSA) is 69.4 Å². The van der Waals surface area contributed by atoms with Gasteiger partial charge in [0.25, 0.3) is 0 Å². The Morgan fingerprint density at radius 3 is 2.52 bits per heavy atom. The van der Waals surface area contributed by atoms with E-state index < -0.39 is 16.4 Å². The second-order valence-corrected chi connectivity index (χ2v) is 5.08. The maximum atomic E-state index is 13.1. The molecule has 2 aromatic carbocycles. The third-order valence-electron chi connectivity index (χ3n) is 2.66. The van der Waals surface area contributed by atoms with Crippen molar-refractivity contribution in [2.75, 3.05) is 0 Å². The molecule has 0 radical (unpaired) electrons. The van der Waals surface area contributed by atoms with Gasteiger partial charge in [-0.1, -0.05) is 15.9 Å². The van der Waals surface area contributed by atoms with E-state index >= 15 is 0 Å². The van der Waals surface area contributed by atoms with Gasteiger partial charge in [0, 0.05) is 4.47 Å². The summed E-state index contributed by atoms with van der Waals surface area (Å²) in [5.74, 6) is -0.959. The molecule has 0 unspecified atom stereocenters. The van der Waals surface area contributed by atoms with E-state index in [4.69, 9.17) is 4.74 Å². The fourth-order valence-electron chi connectivity index (χ4n) is 1.70. The van der Waals surface area contributed by atoms with Gasteiger partial charge in [0.2, 0.25) is 5.75 Å². The molecular formula is C14H9BrFNO4. The monoisotopic (exact) mass is 353 g/mol. The zero-order chi connectivity index (χ0) is 15.6. The summed E-state index contributed by atoms with van der Waals surface area (Å²) in [7, 11) is 0. The van der Waals surface area contributed by atoms with Gasteiger partial charge in [-0.05, 0) is 37.3 Å². The number of nitro groups is 1. The first-order valence-corrected chi connectivity index (χ1v) is 6.60. The number of ketones is 1. The quantitative estimate of drug-likeness (QED) is 0.461. The van der Waals surface area contributed by atoms with Crippen LogP contribution in [0.3, 0.4) is 0 Å². The summed E-state index contributed by atoms with van der Waals surface area (Å²) in [5, 5.41) is 10.9. The lowest BCUT2D eigenvalue weighted by Crippen LogP contribution is -1.99. The zero-order valence-corrected chi connectivity index (χ0v) is 12.4. The summed E-state index contributed by atoms with van der Waals surface area (Å²) in [6.45, 7) is 1.35. The van der Waals surface area contributed by atoms with E-state index in [-0.39, 0.29) is 22.8 Å². The third kappa shape index (κ3) is 3.43. The van der Waals surface area contributed by atoms with Gasteiger partial charge in [-0.3, -0.25) is 14.9 Å². The minimum atomic E-state index is -0.745. The van der Waals surface area contributed by atoms with E-state index in [9.17, 15) is 19.3 Å². The Morgan fingerprint density at radius 1 is 1.24 bits per heavy atom. The SMILES string of the molecule is CC(=O)c1cc(Br)ccc1Oc1ccc(F)cc1[N+](=O)[O-]. The van der Waals surface area contributed by atoms with Crippen molar-refractivity contribution in [2.24, 2.45) is 0 Å². The van der Waals surface area contributed by atoms with E-state index in [0.29, 0.717) is 4.47 Å². The molecule has 0 aliphatic rings. The van der Waals surface area contributed by atoms with Crippen molar-refractivity contribution in [2.45, 2.75) is 6.92 Å². The molecule has 0 aliphatic carbocycles. The van der Waals surface area contributed by atoms with E-state index in [1.165, 1.54) is 13.0 Å². The maximum absolute atomic E-state index is 13.1. The molecule has 2 aromatic rings. The van der Waals surface area contributed by atoms with Gasteiger partial charge in [-0.2, -0.15) is 0 Å². The second-order valence-electron chi connectivity index (χ2n) is 4.17. The van der Waals surface area contributed by atoms with Crippen LogP contribution in [-0.2, 0) is 0 Å². The van der Waals surface area contributed by atoms with Crippen molar-refractivity contribution in [3.8, 4) is 11.5 Å². The number of ether oxygens (including phenoxy) is 1. The molecule has 108 valence electrons. The first-order valence-electron chi connectivity index (χ1n) is 5.81. The smallest absolute Gasteiger partial charge is 0.314 e. The molecule has 21 heavy (non-hydrogen) atoms. The summed E-state index contributed by atoms with van der Waals surface area (Å²) < 4.78 is 19.2. The number of halogens is 2. The van der Waals surface area contributed by atoms with Gasteiger partial charge in [-0.15, -0.1) is 0 Å². The highest BCUT2D eigenvalue weighted by Crippen LogP contribution is 2.34. The molecular weight excluding hydrogens is 345 g/mol. The van der Waals surface area contributed by atoms with E-state index in [1.807, 2.05) is 0 Å². The number of hydrogen-bond acceptors (Lipinski definition) is 4. The molecule has 0 N–H and O–H groups in total. The molecule has 7 heteroatoms. The van der Waals surface area contributed by atoms with Gasteiger partial charge in [0.05, 0.1) is 16.6 Å². The fourth-order valence-corrected chi connectivity index (χ4v) is 2.07. The third-order valence-corrected chi connectivity index (χ3v) is 3.15. The van der Waals surface area contributed by atoms with Crippen LogP contribution < -0.4 is 4.74 Å². The standard InChI is InChI=1S/C14H9BrFNO4/c1-8(18)11-6-9(15)2-4-13(11)21-14-5-3-10(16)7-12(14)17(19)20/h2-7H,1H3. The highest BCUT2D eigenvalue weighted by Gasteiger charge is 2.19. The Balaban J connectivity index is 2.48.